The normalized spacial score (nSPS) is 38.6. The van der Waals surface area contributed by atoms with Gasteiger partial charge in [-0.25, -0.2) is 0 Å². The fourth-order valence-electron chi connectivity index (χ4n) is 3.63. The Balaban J connectivity index is 2.01. The van der Waals surface area contributed by atoms with Crippen LogP contribution in [0.1, 0.15) is 46.5 Å². The average molecular weight is 226 g/mol. The molecule has 1 heterocycles. The van der Waals surface area contributed by atoms with Gasteiger partial charge < -0.3 is 10.5 Å². The van der Waals surface area contributed by atoms with Crippen LogP contribution in [0.4, 0.5) is 0 Å². The van der Waals surface area contributed by atoms with Gasteiger partial charge in [0.2, 0.25) is 0 Å². The standard InChI is InChI=1S/C13H26N2O/c1-4-16-11-8-13(9-11,10-14)15-7-5-6-12(15,2)3/h11H,4-10,14H2,1-3H3. The quantitative estimate of drug-likeness (QED) is 0.794. The van der Waals surface area contributed by atoms with Crippen molar-refractivity contribution in [3.8, 4) is 0 Å². The van der Waals surface area contributed by atoms with Crippen LogP contribution < -0.4 is 5.73 Å². The summed E-state index contributed by atoms with van der Waals surface area (Å²) in [5.41, 5.74) is 6.60. The number of hydrogen-bond donors (Lipinski definition) is 1. The van der Waals surface area contributed by atoms with Gasteiger partial charge in [0.25, 0.3) is 0 Å². The van der Waals surface area contributed by atoms with E-state index < -0.39 is 0 Å². The smallest absolute Gasteiger partial charge is 0.0611 e. The van der Waals surface area contributed by atoms with Crippen LogP contribution in [0.5, 0.6) is 0 Å². The number of nitrogens with zero attached hydrogens (tertiary/aromatic N) is 1. The average Bonchev–Trinajstić information content (AvgIpc) is 2.52. The summed E-state index contributed by atoms with van der Waals surface area (Å²) in [4.78, 5) is 2.65. The van der Waals surface area contributed by atoms with Crippen LogP contribution in [0.2, 0.25) is 0 Å². The van der Waals surface area contributed by atoms with Crippen molar-refractivity contribution >= 4 is 0 Å². The van der Waals surface area contributed by atoms with Gasteiger partial charge in [-0.15, -0.1) is 0 Å². The highest BCUT2D eigenvalue weighted by molar-refractivity contribution is 5.09. The number of hydrogen-bond acceptors (Lipinski definition) is 3. The van der Waals surface area contributed by atoms with Gasteiger partial charge in [-0.2, -0.15) is 0 Å². The van der Waals surface area contributed by atoms with E-state index >= 15 is 0 Å². The third-order valence-electron chi connectivity index (χ3n) is 4.47. The highest BCUT2D eigenvalue weighted by atomic mass is 16.5. The molecule has 0 aromatic rings. The summed E-state index contributed by atoms with van der Waals surface area (Å²) in [5.74, 6) is 0. The second-order valence-corrected chi connectivity index (χ2v) is 5.98. The molecule has 0 spiro atoms. The molecule has 0 unspecified atom stereocenters. The summed E-state index contributed by atoms with van der Waals surface area (Å²) in [6.45, 7) is 9.59. The van der Waals surface area contributed by atoms with Crippen LogP contribution in [0.15, 0.2) is 0 Å². The highest BCUT2D eigenvalue weighted by Gasteiger charge is 2.53. The zero-order valence-electron chi connectivity index (χ0n) is 11.0. The lowest BCUT2D eigenvalue weighted by molar-refractivity contribution is -0.117. The van der Waals surface area contributed by atoms with Crippen LogP contribution in [0.25, 0.3) is 0 Å². The second-order valence-electron chi connectivity index (χ2n) is 5.98. The summed E-state index contributed by atoms with van der Waals surface area (Å²) in [5, 5.41) is 0. The molecule has 0 amide bonds. The molecule has 1 aliphatic carbocycles. The third kappa shape index (κ3) is 1.89. The molecule has 1 saturated carbocycles. The maximum absolute atomic E-state index is 6.03. The molecule has 94 valence electrons. The summed E-state index contributed by atoms with van der Waals surface area (Å²) in [6, 6.07) is 0. The number of rotatable bonds is 4. The van der Waals surface area contributed by atoms with Crippen LogP contribution in [-0.4, -0.2) is 41.8 Å². The zero-order valence-corrected chi connectivity index (χ0v) is 11.0. The van der Waals surface area contributed by atoms with Crippen molar-refractivity contribution in [2.24, 2.45) is 5.73 Å². The first-order valence-electron chi connectivity index (χ1n) is 6.63. The van der Waals surface area contributed by atoms with Crippen molar-refractivity contribution in [3.63, 3.8) is 0 Å². The van der Waals surface area contributed by atoms with Gasteiger partial charge >= 0.3 is 0 Å². The van der Waals surface area contributed by atoms with Gasteiger partial charge in [-0.05, 0) is 53.0 Å². The van der Waals surface area contributed by atoms with Gasteiger partial charge in [0.15, 0.2) is 0 Å². The van der Waals surface area contributed by atoms with Gasteiger partial charge in [-0.3, -0.25) is 4.90 Å². The maximum Gasteiger partial charge on any atom is 0.0611 e. The Morgan fingerprint density at radius 2 is 2.06 bits per heavy atom. The maximum atomic E-state index is 6.03. The molecular formula is C13H26N2O. The molecule has 2 aliphatic rings. The molecule has 0 radical (unpaired) electrons. The van der Waals surface area contributed by atoms with E-state index in [1.807, 2.05) is 0 Å². The fourth-order valence-corrected chi connectivity index (χ4v) is 3.63. The molecule has 0 aromatic carbocycles. The Hall–Kier alpha value is -0.120. The lowest BCUT2D eigenvalue weighted by Gasteiger charge is -2.56. The Kier molecular flexibility index (Phi) is 3.30. The lowest BCUT2D eigenvalue weighted by Crippen LogP contribution is -2.67. The molecule has 0 aromatic heterocycles. The first-order valence-corrected chi connectivity index (χ1v) is 6.63. The molecule has 2 fully saturated rings. The number of likely N-dealkylation sites (tertiary alicyclic amines) is 1. The molecular weight excluding hydrogens is 200 g/mol. The number of ether oxygens (including phenoxy) is 1. The molecule has 0 bridgehead atoms. The van der Waals surface area contributed by atoms with Crippen molar-refractivity contribution in [2.45, 2.75) is 63.6 Å². The van der Waals surface area contributed by atoms with Crippen LogP contribution in [-0.2, 0) is 4.74 Å². The Bertz CT molecular complexity index is 246. The van der Waals surface area contributed by atoms with E-state index in [1.165, 1.54) is 19.4 Å². The second kappa shape index (κ2) is 4.28. The Labute approximate surface area is 99.3 Å². The molecule has 3 heteroatoms. The molecule has 3 nitrogen and oxygen atoms in total. The Morgan fingerprint density at radius 3 is 2.50 bits per heavy atom. The van der Waals surface area contributed by atoms with Gasteiger partial charge in [0.1, 0.15) is 0 Å². The first-order chi connectivity index (χ1) is 7.54. The predicted molar refractivity (Wildman–Crippen MR) is 66.5 cm³/mol. The van der Waals surface area contributed by atoms with Crippen molar-refractivity contribution < 1.29 is 4.74 Å². The number of nitrogens with two attached hydrogens (primary N) is 1. The topological polar surface area (TPSA) is 38.5 Å². The van der Waals surface area contributed by atoms with E-state index in [4.69, 9.17) is 10.5 Å². The van der Waals surface area contributed by atoms with E-state index in [0.717, 1.165) is 26.0 Å². The van der Waals surface area contributed by atoms with E-state index in [1.54, 1.807) is 0 Å². The summed E-state index contributed by atoms with van der Waals surface area (Å²) >= 11 is 0. The van der Waals surface area contributed by atoms with Crippen molar-refractivity contribution in [3.05, 3.63) is 0 Å². The third-order valence-corrected chi connectivity index (χ3v) is 4.47. The van der Waals surface area contributed by atoms with E-state index in [-0.39, 0.29) is 5.54 Å². The first kappa shape index (κ1) is 12.3. The zero-order chi connectivity index (χ0) is 11.8. The Morgan fingerprint density at radius 1 is 1.38 bits per heavy atom. The lowest BCUT2D eigenvalue weighted by atomic mass is 9.71. The predicted octanol–water partition coefficient (Wildman–Crippen LogP) is 1.76. The molecule has 2 N–H and O–H groups in total. The monoisotopic (exact) mass is 226 g/mol. The van der Waals surface area contributed by atoms with Crippen LogP contribution in [0, 0.1) is 0 Å². The van der Waals surface area contributed by atoms with E-state index in [0.29, 0.717) is 11.6 Å². The van der Waals surface area contributed by atoms with E-state index in [9.17, 15) is 0 Å². The van der Waals surface area contributed by atoms with Gasteiger partial charge in [0.05, 0.1) is 6.10 Å². The molecule has 1 saturated heterocycles. The van der Waals surface area contributed by atoms with E-state index in [2.05, 4.69) is 25.7 Å². The summed E-state index contributed by atoms with van der Waals surface area (Å²) in [7, 11) is 0. The fraction of sp³-hybridized carbons (Fsp3) is 1.00. The van der Waals surface area contributed by atoms with Crippen molar-refractivity contribution in [1.82, 2.24) is 4.90 Å². The van der Waals surface area contributed by atoms with Crippen LogP contribution >= 0.6 is 0 Å². The van der Waals surface area contributed by atoms with Gasteiger partial charge in [0, 0.05) is 24.2 Å². The summed E-state index contributed by atoms with van der Waals surface area (Å²) in [6.07, 6.45) is 5.31. The molecule has 0 atom stereocenters. The SMILES string of the molecule is CCOC1CC(CN)(N2CCCC2(C)C)C1. The molecule has 16 heavy (non-hydrogen) atoms. The minimum absolute atomic E-state index is 0.236. The van der Waals surface area contributed by atoms with Crippen LogP contribution in [0.3, 0.4) is 0 Å². The van der Waals surface area contributed by atoms with Gasteiger partial charge in [-0.1, -0.05) is 0 Å². The summed E-state index contributed by atoms with van der Waals surface area (Å²) < 4.78 is 5.68. The van der Waals surface area contributed by atoms with Crippen molar-refractivity contribution in [2.75, 3.05) is 19.7 Å². The molecule has 1 aliphatic heterocycles. The molecule has 2 rings (SSSR count). The largest absolute Gasteiger partial charge is 0.378 e. The highest BCUT2D eigenvalue weighted by Crippen LogP contribution is 2.46. The van der Waals surface area contributed by atoms with Crippen molar-refractivity contribution in [1.29, 1.82) is 0 Å². The minimum atomic E-state index is 0.236. The minimum Gasteiger partial charge on any atom is -0.378 e.